The molecule has 0 amide bonds. The minimum absolute atomic E-state index is 0.211. The van der Waals surface area contributed by atoms with Crippen molar-refractivity contribution in [3.05, 3.63) is 58.7 Å². The molecular weight excluding hydrogens is 376 g/mol. The lowest BCUT2D eigenvalue weighted by Crippen LogP contribution is -2.42. The number of aliphatic hydroxyl groups excluding tert-OH is 1. The molecule has 1 N–H and O–H groups in total. The molecule has 1 atom stereocenters. The van der Waals surface area contributed by atoms with Crippen molar-refractivity contribution in [1.29, 1.82) is 0 Å². The summed E-state index contributed by atoms with van der Waals surface area (Å²) in [6.45, 7) is 9.39. The number of ether oxygens (including phenoxy) is 2. The van der Waals surface area contributed by atoms with E-state index in [0.29, 0.717) is 19.6 Å². The van der Waals surface area contributed by atoms with Crippen LogP contribution in [0.4, 0.5) is 0 Å². The summed E-state index contributed by atoms with van der Waals surface area (Å²) in [4.78, 5) is 11.6. The molecule has 0 aliphatic carbocycles. The van der Waals surface area contributed by atoms with E-state index in [1.54, 1.807) is 0 Å². The van der Waals surface area contributed by atoms with Gasteiger partial charge in [-0.3, -0.25) is 4.79 Å². The van der Waals surface area contributed by atoms with E-state index in [1.165, 1.54) is 11.1 Å². The third kappa shape index (κ3) is 4.86. The Labute approximate surface area is 180 Å². The van der Waals surface area contributed by atoms with Gasteiger partial charge in [0.2, 0.25) is 0 Å². The number of carbonyl (C=O) groups is 1. The number of ketones is 1. The van der Waals surface area contributed by atoms with Crippen molar-refractivity contribution in [3.63, 3.8) is 0 Å². The number of Topliss-reactive ketones (excluding diaryl/α,β-unsaturated/α-hetero) is 1. The fourth-order valence-corrected chi connectivity index (χ4v) is 3.96. The largest absolute Gasteiger partial charge is 0.492 e. The molecule has 2 aromatic rings. The molecule has 1 unspecified atom stereocenters. The summed E-state index contributed by atoms with van der Waals surface area (Å²) in [5.41, 5.74) is 4.24. The van der Waals surface area contributed by atoms with Gasteiger partial charge in [-0.25, -0.2) is 0 Å². The number of hydrogen-bond acceptors (Lipinski definition) is 4. The molecule has 0 radical (unpaired) electrons. The van der Waals surface area contributed by atoms with Crippen molar-refractivity contribution in [2.45, 2.75) is 71.3 Å². The molecule has 2 heterocycles. The molecule has 2 aliphatic heterocycles. The Morgan fingerprint density at radius 1 is 0.967 bits per heavy atom. The number of benzene rings is 2. The van der Waals surface area contributed by atoms with Crippen LogP contribution in [-0.4, -0.2) is 30.2 Å². The Hall–Kier alpha value is -2.33. The van der Waals surface area contributed by atoms with Crippen LogP contribution in [0.2, 0.25) is 0 Å². The van der Waals surface area contributed by atoms with E-state index in [9.17, 15) is 9.90 Å². The maximum absolute atomic E-state index is 11.6. The van der Waals surface area contributed by atoms with Crippen molar-refractivity contribution in [1.82, 2.24) is 0 Å². The molecule has 2 aromatic carbocycles. The quantitative estimate of drug-likeness (QED) is 0.746. The number of aliphatic hydroxyl groups is 1. The molecule has 4 heteroatoms. The lowest BCUT2D eigenvalue weighted by Gasteiger charge is -2.37. The fourth-order valence-electron chi connectivity index (χ4n) is 3.96. The van der Waals surface area contributed by atoms with Gasteiger partial charge in [0.1, 0.15) is 18.1 Å². The van der Waals surface area contributed by atoms with Crippen LogP contribution in [0, 0.1) is 0 Å². The minimum Gasteiger partial charge on any atom is -0.492 e. The van der Waals surface area contributed by atoms with Gasteiger partial charge in [0.15, 0.2) is 5.78 Å². The summed E-state index contributed by atoms with van der Waals surface area (Å²) in [5.74, 6) is 1.89. The van der Waals surface area contributed by atoms with E-state index >= 15 is 0 Å². The lowest BCUT2D eigenvalue weighted by molar-refractivity contribution is 0.0318. The Kier molecular flexibility index (Phi) is 7.19. The van der Waals surface area contributed by atoms with Crippen LogP contribution in [0.1, 0.15) is 74.0 Å². The molecular formula is C26H34O4. The van der Waals surface area contributed by atoms with Gasteiger partial charge < -0.3 is 14.6 Å². The lowest BCUT2D eigenvalue weighted by atomic mass is 9.77. The maximum atomic E-state index is 11.6. The van der Waals surface area contributed by atoms with Gasteiger partial charge >= 0.3 is 0 Å². The summed E-state index contributed by atoms with van der Waals surface area (Å²) in [6, 6.07) is 12.3. The second-order valence-electron chi connectivity index (χ2n) is 8.73. The number of rotatable bonds is 4. The molecule has 2 aliphatic rings. The van der Waals surface area contributed by atoms with Crippen LogP contribution in [0.15, 0.2) is 36.4 Å². The number of carbonyl (C=O) groups excluding carboxylic acids is 1. The summed E-state index contributed by atoms with van der Waals surface area (Å²) >= 11 is 0. The Balaban J connectivity index is 0.000000172. The first-order valence-corrected chi connectivity index (χ1v) is 11.1. The zero-order valence-corrected chi connectivity index (χ0v) is 18.7. The van der Waals surface area contributed by atoms with Gasteiger partial charge in [0, 0.05) is 17.4 Å². The van der Waals surface area contributed by atoms with Gasteiger partial charge in [-0.05, 0) is 42.2 Å². The highest BCUT2D eigenvalue weighted by molar-refractivity contribution is 5.99. The van der Waals surface area contributed by atoms with E-state index in [1.807, 2.05) is 24.3 Å². The summed E-state index contributed by atoms with van der Waals surface area (Å²) in [5, 5.41) is 9.98. The summed E-state index contributed by atoms with van der Waals surface area (Å²) in [7, 11) is 0. The summed E-state index contributed by atoms with van der Waals surface area (Å²) in [6.07, 6.45) is 4.45. The smallest absolute Gasteiger partial charge is 0.170 e. The zero-order chi connectivity index (χ0) is 21.7. The summed E-state index contributed by atoms with van der Waals surface area (Å²) < 4.78 is 11.0. The van der Waals surface area contributed by atoms with E-state index < -0.39 is 6.10 Å². The van der Waals surface area contributed by atoms with Gasteiger partial charge in [-0.15, -0.1) is 0 Å². The number of hydrogen-bond donors (Lipinski definition) is 1. The first-order chi connectivity index (χ1) is 14.4. The molecule has 162 valence electrons. The van der Waals surface area contributed by atoms with Crippen molar-refractivity contribution in [2.24, 2.45) is 0 Å². The van der Waals surface area contributed by atoms with E-state index in [-0.39, 0.29) is 11.2 Å². The van der Waals surface area contributed by atoms with E-state index in [4.69, 9.17) is 9.47 Å². The normalized spacial score (nSPS) is 18.8. The highest BCUT2D eigenvalue weighted by Gasteiger charge is 2.36. The average Bonchev–Trinajstić information content (AvgIpc) is 2.73. The van der Waals surface area contributed by atoms with Crippen LogP contribution in [0.5, 0.6) is 11.5 Å². The van der Waals surface area contributed by atoms with Crippen LogP contribution in [0.3, 0.4) is 0 Å². The molecule has 0 spiro atoms. The fraction of sp³-hybridized carbons (Fsp3) is 0.500. The molecule has 0 saturated heterocycles. The van der Waals surface area contributed by atoms with Crippen molar-refractivity contribution < 1.29 is 19.4 Å². The molecule has 4 nitrogen and oxygen atoms in total. The van der Waals surface area contributed by atoms with Gasteiger partial charge in [0.05, 0.1) is 18.3 Å². The molecule has 30 heavy (non-hydrogen) atoms. The highest BCUT2D eigenvalue weighted by atomic mass is 16.5. The standard InChI is InChI=1S/C14H20O2.C12H14O2/c1-4-5-10-6-7-12-11(8-10)14(2,3)13(15)9-16-12;1-2-3-9-4-5-12-10(8-9)11(13)6-7-14-12/h6-8,13,15H,4-5,9H2,1-3H3;4-5,8H,2-3,6-7H2,1H3. The van der Waals surface area contributed by atoms with Crippen molar-refractivity contribution in [3.8, 4) is 11.5 Å². The molecule has 0 saturated carbocycles. The van der Waals surface area contributed by atoms with Crippen LogP contribution < -0.4 is 9.47 Å². The maximum Gasteiger partial charge on any atom is 0.170 e. The Morgan fingerprint density at radius 2 is 1.60 bits per heavy atom. The molecule has 0 bridgehead atoms. The predicted molar refractivity (Wildman–Crippen MR) is 120 cm³/mol. The number of fused-ring (bicyclic) bond motifs is 2. The van der Waals surface area contributed by atoms with Gasteiger partial charge in [-0.2, -0.15) is 0 Å². The van der Waals surface area contributed by atoms with Gasteiger partial charge in [0.25, 0.3) is 0 Å². The third-order valence-electron chi connectivity index (χ3n) is 5.98. The van der Waals surface area contributed by atoms with Crippen LogP contribution in [-0.2, 0) is 18.3 Å². The monoisotopic (exact) mass is 410 g/mol. The van der Waals surface area contributed by atoms with Crippen molar-refractivity contribution >= 4 is 5.78 Å². The SMILES string of the molecule is CCCc1ccc2c(c1)C(=O)CCO2.CCCc1ccc2c(c1)C(C)(C)C(O)CO2. The molecule has 0 fully saturated rings. The minimum atomic E-state index is -0.420. The topological polar surface area (TPSA) is 55.8 Å². The van der Waals surface area contributed by atoms with E-state index in [0.717, 1.165) is 48.3 Å². The zero-order valence-electron chi connectivity index (χ0n) is 18.7. The Bertz CT molecular complexity index is 885. The third-order valence-corrected chi connectivity index (χ3v) is 5.98. The van der Waals surface area contributed by atoms with E-state index in [2.05, 4.69) is 39.8 Å². The van der Waals surface area contributed by atoms with Gasteiger partial charge in [-0.1, -0.05) is 58.7 Å². The molecule has 4 rings (SSSR count). The average molecular weight is 411 g/mol. The second-order valence-corrected chi connectivity index (χ2v) is 8.73. The second kappa shape index (κ2) is 9.65. The Morgan fingerprint density at radius 3 is 2.27 bits per heavy atom. The molecule has 0 aromatic heterocycles. The van der Waals surface area contributed by atoms with Crippen LogP contribution in [0.25, 0.3) is 0 Å². The van der Waals surface area contributed by atoms with Crippen molar-refractivity contribution in [2.75, 3.05) is 13.2 Å². The predicted octanol–water partition coefficient (Wildman–Crippen LogP) is 5.27. The first kappa shape index (κ1) is 22.4. The first-order valence-electron chi connectivity index (χ1n) is 11.1. The number of aryl methyl sites for hydroxylation is 2. The van der Waals surface area contributed by atoms with Crippen LogP contribution >= 0.6 is 0 Å². The highest BCUT2D eigenvalue weighted by Crippen LogP contribution is 2.39.